The van der Waals surface area contributed by atoms with Crippen molar-refractivity contribution in [2.75, 3.05) is 19.0 Å². The highest BCUT2D eigenvalue weighted by molar-refractivity contribution is 9.10. The molecule has 0 saturated heterocycles. The normalized spacial score (nSPS) is 9.93. The number of phenols is 1. The molecule has 2 nitrogen and oxygen atoms in total. The Bertz CT molecular complexity index is 347. The number of halogens is 1. The maximum Gasteiger partial charge on any atom is 0.130 e. The summed E-state index contributed by atoms with van der Waals surface area (Å²) in [5.41, 5.74) is 2.15. The van der Waals surface area contributed by atoms with Crippen LogP contribution in [0.3, 0.4) is 0 Å². The van der Waals surface area contributed by atoms with E-state index in [4.69, 9.17) is 0 Å². The zero-order valence-electron chi connectivity index (χ0n) is 8.42. The van der Waals surface area contributed by atoms with Gasteiger partial charge in [0.25, 0.3) is 0 Å². The lowest BCUT2D eigenvalue weighted by Gasteiger charge is -2.18. The number of hydrogen-bond donors (Lipinski definition) is 1. The zero-order chi connectivity index (χ0) is 10.7. The van der Waals surface area contributed by atoms with E-state index in [-0.39, 0.29) is 5.75 Å². The van der Waals surface area contributed by atoms with Crippen molar-refractivity contribution < 1.29 is 5.11 Å². The van der Waals surface area contributed by atoms with Crippen LogP contribution in [0.5, 0.6) is 5.75 Å². The average Bonchev–Trinajstić information content (AvgIpc) is 2.13. The third kappa shape index (κ3) is 2.10. The van der Waals surface area contributed by atoms with E-state index in [9.17, 15) is 5.11 Å². The largest absolute Gasteiger partial charge is 0.507 e. The number of allylic oxidation sites excluding steroid dienone is 1. The van der Waals surface area contributed by atoms with E-state index in [1.54, 1.807) is 6.07 Å². The molecule has 0 aromatic heterocycles. The van der Waals surface area contributed by atoms with Gasteiger partial charge in [0.1, 0.15) is 5.75 Å². The fourth-order valence-electron chi connectivity index (χ4n) is 1.36. The number of rotatable bonds is 3. The van der Waals surface area contributed by atoms with Crippen molar-refractivity contribution in [1.29, 1.82) is 0 Å². The maximum absolute atomic E-state index is 9.53. The van der Waals surface area contributed by atoms with Gasteiger partial charge in [0.2, 0.25) is 0 Å². The van der Waals surface area contributed by atoms with Crippen LogP contribution in [0.4, 0.5) is 5.69 Å². The molecule has 76 valence electrons. The molecular weight excluding hydrogens is 242 g/mol. The fourth-order valence-corrected chi connectivity index (χ4v) is 1.85. The second kappa shape index (κ2) is 4.51. The molecule has 1 aromatic carbocycles. The molecule has 0 bridgehead atoms. The highest BCUT2D eigenvalue weighted by atomic mass is 79.9. The lowest BCUT2D eigenvalue weighted by atomic mass is 10.1. The van der Waals surface area contributed by atoms with Crippen LogP contribution in [-0.2, 0) is 6.42 Å². The molecule has 0 aliphatic carbocycles. The first-order chi connectivity index (χ1) is 6.57. The molecule has 14 heavy (non-hydrogen) atoms. The lowest BCUT2D eigenvalue weighted by Crippen LogP contribution is -2.11. The quantitative estimate of drug-likeness (QED) is 0.840. The van der Waals surface area contributed by atoms with E-state index >= 15 is 0 Å². The molecular formula is C11H14BrNO. The van der Waals surface area contributed by atoms with Gasteiger partial charge in [0.15, 0.2) is 0 Å². The van der Waals surface area contributed by atoms with Gasteiger partial charge in [0, 0.05) is 19.8 Å². The predicted molar refractivity (Wildman–Crippen MR) is 64.0 cm³/mol. The summed E-state index contributed by atoms with van der Waals surface area (Å²) < 4.78 is 0.753. The van der Waals surface area contributed by atoms with Gasteiger partial charge in [-0.25, -0.2) is 0 Å². The van der Waals surface area contributed by atoms with E-state index < -0.39 is 0 Å². The minimum absolute atomic E-state index is 0.271. The molecule has 0 amide bonds. The first-order valence-electron chi connectivity index (χ1n) is 4.36. The van der Waals surface area contributed by atoms with Crippen LogP contribution in [0.2, 0.25) is 0 Å². The first-order valence-corrected chi connectivity index (χ1v) is 5.15. The Balaban J connectivity index is 3.29. The Morgan fingerprint density at radius 3 is 2.64 bits per heavy atom. The van der Waals surface area contributed by atoms with E-state index in [0.29, 0.717) is 0 Å². The van der Waals surface area contributed by atoms with Gasteiger partial charge in [0.05, 0.1) is 4.47 Å². The molecule has 0 fully saturated rings. The smallest absolute Gasteiger partial charge is 0.130 e. The van der Waals surface area contributed by atoms with Crippen molar-refractivity contribution in [3.05, 3.63) is 34.8 Å². The number of hydrogen-bond acceptors (Lipinski definition) is 2. The van der Waals surface area contributed by atoms with Crippen molar-refractivity contribution in [3.8, 4) is 5.75 Å². The molecule has 0 spiro atoms. The molecule has 0 unspecified atom stereocenters. The van der Waals surface area contributed by atoms with Gasteiger partial charge in [-0.1, -0.05) is 6.08 Å². The molecule has 0 aliphatic rings. The van der Waals surface area contributed by atoms with Crippen molar-refractivity contribution in [2.45, 2.75) is 6.42 Å². The summed E-state index contributed by atoms with van der Waals surface area (Å²) in [7, 11) is 3.96. The van der Waals surface area contributed by atoms with Gasteiger partial charge < -0.3 is 10.0 Å². The second-order valence-corrected chi connectivity index (χ2v) is 4.08. The van der Waals surface area contributed by atoms with Gasteiger partial charge >= 0.3 is 0 Å². The summed E-state index contributed by atoms with van der Waals surface area (Å²) in [6, 6.07) is 3.59. The Labute approximate surface area is 93.0 Å². The van der Waals surface area contributed by atoms with E-state index in [0.717, 1.165) is 22.1 Å². The van der Waals surface area contributed by atoms with Crippen LogP contribution in [-0.4, -0.2) is 19.2 Å². The molecule has 0 heterocycles. The van der Waals surface area contributed by atoms with Gasteiger partial charge in [-0.05, 0) is 40.0 Å². The highest BCUT2D eigenvalue weighted by Gasteiger charge is 2.10. The Kier molecular flexibility index (Phi) is 3.58. The first kappa shape index (κ1) is 11.1. The van der Waals surface area contributed by atoms with Gasteiger partial charge in [-0.2, -0.15) is 0 Å². The van der Waals surface area contributed by atoms with Crippen molar-refractivity contribution in [3.63, 3.8) is 0 Å². The minimum Gasteiger partial charge on any atom is -0.507 e. The van der Waals surface area contributed by atoms with Crippen LogP contribution in [0, 0.1) is 0 Å². The summed E-state index contributed by atoms with van der Waals surface area (Å²) in [4.78, 5) is 2.02. The fraction of sp³-hybridized carbons (Fsp3) is 0.273. The van der Waals surface area contributed by atoms with E-state index in [1.165, 1.54) is 0 Å². The molecule has 0 aliphatic heterocycles. The van der Waals surface area contributed by atoms with Crippen LogP contribution in [0.25, 0.3) is 0 Å². The molecule has 1 rings (SSSR count). The topological polar surface area (TPSA) is 23.5 Å². The third-order valence-electron chi connectivity index (χ3n) is 2.03. The van der Waals surface area contributed by atoms with E-state index in [1.807, 2.05) is 31.1 Å². The van der Waals surface area contributed by atoms with Crippen molar-refractivity contribution >= 4 is 21.6 Å². The number of benzene rings is 1. The zero-order valence-corrected chi connectivity index (χ0v) is 10.0. The lowest BCUT2D eigenvalue weighted by molar-refractivity contribution is 0.471. The number of anilines is 1. The summed E-state index contributed by atoms with van der Waals surface area (Å²) in [6.07, 6.45) is 2.56. The number of aromatic hydroxyl groups is 1. The summed E-state index contributed by atoms with van der Waals surface area (Å²) in [6.45, 7) is 3.71. The standard InChI is InChI=1S/C11H14BrNO/c1-4-5-8-9(13(2)3)6-7-10(14)11(8)12/h4,6-7,14H,1,5H2,2-3H3. The van der Waals surface area contributed by atoms with Gasteiger partial charge in [-0.15, -0.1) is 6.58 Å². The summed E-state index contributed by atoms with van der Waals surface area (Å²) in [5.74, 6) is 0.271. The molecule has 0 atom stereocenters. The van der Waals surface area contributed by atoms with Crippen molar-refractivity contribution in [2.24, 2.45) is 0 Å². The maximum atomic E-state index is 9.53. The Hall–Kier alpha value is -0.960. The summed E-state index contributed by atoms with van der Waals surface area (Å²) in [5, 5.41) is 9.53. The Morgan fingerprint density at radius 2 is 2.14 bits per heavy atom. The minimum atomic E-state index is 0.271. The number of phenolic OH excluding ortho intramolecular Hbond substituents is 1. The molecule has 0 saturated carbocycles. The predicted octanol–water partition coefficient (Wildman–Crippen LogP) is 2.95. The monoisotopic (exact) mass is 255 g/mol. The average molecular weight is 256 g/mol. The number of nitrogens with zero attached hydrogens (tertiary/aromatic N) is 1. The van der Waals surface area contributed by atoms with Crippen molar-refractivity contribution in [1.82, 2.24) is 0 Å². The van der Waals surface area contributed by atoms with Crippen LogP contribution < -0.4 is 4.90 Å². The molecule has 3 heteroatoms. The second-order valence-electron chi connectivity index (χ2n) is 3.28. The van der Waals surface area contributed by atoms with E-state index in [2.05, 4.69) is 22.5 Å². The molecule has 1 aromatic rings. The molecule has 1 N–H and O–H groups in total. The van der Waals surface area contributed by atoms with Crippen LogP contribution in [0.15, 0.2) is 29.3 Å². The molecule has 0 radical (unpaired) electrons. The Morgan fingerprint density at radius 1 is 1.50 bits per heavy atom. The highest BCUT2D eigenvalue weighted by Crippen LogP contribution is 2.34. The summed E-state index contributed by atoms with van der Waals surface area (Å²) >= 11 is 3.38. The van der Waals surface area contributed by atoms with Crippen LogP contribution in [0.1, 0.15) is 5.56 Å². The third-order valence-corrected chi connectivity index (χ3v) is 2.91. The van der Waals surface area contributed by atoms with Crippen LogP contribution >= 0.6 is 15.9 Å². The SMILES string of the molecule is C=CCc1c(N(C)C)ccc(O)c1Br. The van der Waals surface area contributed by atoms with Gasteiger partial charge in [-0.3, -0.25) is 0 Å².